The summed E-state index contributed by atoms with van der Waals surface area (Å²) >= 11 is 7.93. The lowest BCUT2D eigenvalue weighted by molar-refractivity contribution is 0.492. The number of sulfonamides is 1. The number of nitrogens with zero attached hydrogens (tertiary/aromatic N) is 4. The number of aromatic nitrogens is 2. The third kappa shape index (κ3) is 4.20. The lowest BCUT2D eigenvalue weighted by atomic mass is 9.94. The van der Waals surface area contributed by atoms with Crippen molar-refractivity contribution >= 4 is 44.4 Å². The highest BCUT2D eigenvalue weighted by Crippen LogP contribution is 2.46. The van der Waals surface area contributed by atoms with Gasteiger partial charge in [0, 0.05) is 46.9 Å². The Morgan fingerprint density at radius 3 is 2.77 bits per heavy atom. The zero-order chi connectivity index (χ0) is 24.3. The fraction of sp³-hybridized carbons (Fsp3) is 0.348. The summed E-state index contributed by atoms with van der Waals surface area (Å²) in [5, 5.41) is 2.47. The first-order chi connectivity index (χ1) is 16.8. The van der Waals surface area contributed by atoms with Gasteiger partial charge in [-0.05, 0) is 31.9 Å². The van der Waals surface area contributed by atoms with Crippen molar-refractivity contribution < 1.29 is 17.2 Å². The molecule has 35 heavy (non-hydrogen) atoms. The second-order valence-electron chi connectivity index (χ2n) is 8.87. The van der Waals surface area contributed by atoms with Crippen molar-refractivity contribution in [3.05, 3.63) is 74.7 Å². The maximum atomic E-state index is 13.9. The van der Waals surface area contributed by atoms with Crippen LogP contribution in [0.3, 0.4) is 0 Å². The van der Waals surface area contributed by atoms with E-state index in [4.69, 9.17) is 21.0 Å². The molecule has 8 nitrogen and oxygen atoms in total. The van der Waals surface area contributed by atoms with Gasteiger partial charge in [0.25, 0.3) is 0 Å². The first-order valence-corrected chi connectivity index (χ1v) is 14.0. The van der Waals surface area contributed by atoms with Gasteiger partial charge in [-0.3, -0.25) is 4.99 Å². The summed E-state index contributed by atoms with van der Waals surface area (Å²) < 4.78 is 48.1. The minimum atomic E-state index is -3.39. The molecule has 1 aliphatic carbocycles. The molecule has 1 aromatic carbocycles. The fourth-order valence-electron chi connectivity index (χ4n) is 4.58. The number of hydrogen-bond donors (Lipinski definition) is 1. The lowest BCUT2D eigenvalue weighted by Crippen LogP contribution is -2.40. The number of hydrogen-bond acceptors (Lipinski definition) is 8. The van der Waals surface area contributed by atoms with Gasteiger partial charge in [-0.15, -0.1) is 11.3 Å². The van der Waals surface area contributed by atoms with Gasteiger partial charge in [-0.25, -0.2) is 27.5 Å². The quantitative estimate of drug-likeness (QED) is 0.507. The second kappa shape index (κ2) is 8.51. The summed E-state index contributed by atoms with van der Waals surface area (Å²) in [7, 11) is -3.39. The molecule has 2 atom stereocenters. The van der Waals surface area contributed by atoms with E-state index >= 15 is 0 Å². The van der Waals surface area contributed by atoms with Gasteiger partial charge in [-0.2, -0.15) is 0 Å². The largest absolute Gasteiger partial charge is 0.442 e. The van der Waals surface area contributed by atoms with Crippen LogP contribution >= 0.6 is 22.9 Å². The lowest BCUT2D eigenvalue weighted by Gasteiger charge is -2.31. The zero-order valence-corrected chi connectivity index (χ0v) is 21.0. The summed E-state index contributed by atoms with van der Waals surface area (Å²) in [5.74, 6) is 1.17. The molecule has 3 aromatic rings. The number of benzene rings is 1. The van der Waals surface area contributed by atoms with Crippen molar-refractivity contribution in [3.8, 4) is 0 Å². The second-order valence-corrected chi connectivity index (χ2v) is 12.2. The normalized spacial score (nSPS) is 22.5. The van der Waals surface area contributed by atoms with Gasteiger partial charge in [0.05, 0.1) is 17.0 Å². The highest BCUT2D eigenvalue weighted by Gasteiger charge is 2.44. The molecule has 0 radical (unpaired) electrons. The first kappa shape index (κ1) is 22.8. The highest BCUT2D eigenvalue weighted by molar-refractivity contribution is 7.90. The zero-order valence-electron chi connectivity index (χ0n) is 18.6. The molecular weight excluding hydrogens is 513 g/mol. The molecule has 1 N–H and O–H groups in total. The Bertz CT molecular complexity index is 1460. The van der Waals surface area contributed by atoms with Crippen LogP contribution in [-0.4, -0.2) is 47.0 Å². The van der Waals surface area contributed by atoms with E-state index in [1.807, 2.05) is 10.3 Å². The van der Waals surface area contributed by atoms with Crippen molar-refractivity contribution in [1.29, 1.82) is 0 Å². The van der Waals surface area contributed by atoms with Gasteiger partial charge in [0.1, 0.15) is 17.6 Å². The Labute approximate surface area is 210 Å². The summed E-state index contributed by atoms with van der Waals surface area (Å²) in [6, 6.07) is 3.22. The van der Waals surface area contributed by atoms with Crippen LogP contribution in [0.1, 0.15) is 47.5 Å². The minimum absolute atomic E-state index is 0.232. The number of rotatable bonds is 6. The summed E-state index contributed by atoms with van der Waals surface area (Å²) in [6.07, 6.45) is 5.11. The van der Waals surface area contributed by atoms with Crippen LogP contribution in [0.2, 0.25) is 5.02 Å². The van der Waals surface area contributed by atoms with Crippen LogP contribution in [0.15, 0.2) is 51.1 Å². The number of amidine groups is 1. The average Bonchev–Trinajstić information content (AvgIpc) is 3.17. The molecule has 0 bridgehead atoms. The maximum absolute atomic E-state index is 13.9. The van der Waals surface area contributed by atoms with Gasteiger partial charge in [0.15, 0.2) is 10.8 Å². The number of aliphatic imine (C=N–C) groups is 1. The SMILES string of the molecule is Cc1cnc(C2=C3C[C@H](NS(=O)(=O)C4CC4)CN3C(c3nccs3)=N[C@H]2c2ccc(F)cc2Cl)o1. The summed E-state index contributed by atoms with van der Waals surface area (Å²) in [5.41, 5.74) is 2.11. The molecule has 0 spiro atoms. The van der Waals surface area contributed by atoms with E-state index in [0.29, 0.717) is 59.4 Å². The Morgan fingerprint density at radius 1 is 1.29 bits per heavy atom. The minimum Gasteiger partial charge on any atom is -0.442 e. The van der Waals surface area contributed by atoms with Crippen molar-refractivity contribution in [2.24, 2.45) is 4.99 Å². The monoisotopic (exact) mass is 533 g/mol. The topological polar surface area (TPSA) is 101 Å². The molecule has 2 fully saturated rings. The third-order valence-corrected chi connectivity index (χ3v) is 9.39. The van der Waals surface area contributed by atoms with E-state index in [1.54, 1.807) is 25.4 Å². The van der Waals surface area contributed by atoms with Crippen LogP contribution < -0.4 is 4.72 Å². The van der Waals surface area contributed by atoms with Crippen LogP contribution in [0, 0.1) is 12.7 Å². The highest BCUT2D eigenvalue weighted by atomic mass is 35.5. The predicted molar refractivity (Wildman–Crippen MR) is 131 cm³/mol. The molecule has 182 valence electrons. The van der Waals surface area contributed by atoms with Crippen molar-refractivity contribution in [3.63, 3.8) is 0 Å². The van der Waals surface area contributed by atoms with Crippen molar-refractivity contribution in [2.45, 2.75) is 43.5 Å². The van der Waals surface area contributed by atoms with E-state index in [0.717, 1.165) is 5.70 Å². The molecule has 0 unspecified atom stereocenters. The smallest absolute Gasteiger partial charge is 0.226 e. The average molecular weight is 534 g/mol. The van der Waals surface area contributed by atoms with E-state index in [1.165, 1.54) is 23.5 Å². The van der Waals surface area contributed by atoms with Crippen LogP contribution in [0.4, 0.5) is 4.39 Å². The number of thiazole rings is 1. The summed E-state index contributed by atoms with van der Waals surface area (Å²) in [6.45, 7) is 2.19. The van der Waals surface area contributed by atoms with E-state index < -0.39 is 21.9 Å². The Balaban J connectivity index is 1.51. The Morgan fingerprint density at radius 2 is 2.11 bits per heavy atom. The van der Waals surface area contributed by atoms with Crippen molar-refractivity contribution in [2.75, 3.05) is 6.54 Å². The number of fused-ring (bicyclic) bond motifs is 1. The predicted octanol–water partition coefficient (Wildman–Crippen LogP) is 4.30. The van der Waals surface area contributed by atoms with E-state index in [-0.39, 0.29) is 16.3 Å². The van der Waals surface area contributed by atoms with Crippen LogP contribution in [-0.2, 0) is 10.0 Å². The van der Waals surface area contributed by atoms with Gasteiger partial charge in [0.2, 0.25) is 15.9 Å². The first-order valence-electron chi connectivity index (χ1n) is 11.2. The molecule has 3 aliphatic rings. The van der Waals surface area contributed by atoms with Gasteiger partial charge >= 0.3 is 0 Å². The number of oxazole rings is 1. The Kier molecular flexibility index (Phi) is 5.55. The number of halogens is 2. The molecule has 12 heteroatoms. The standard InChI is InChI=1S/C23H21ClFN5O3S2/c1-12-10-27-22(33-12)19-18-9-14(29-35(31,32)15-3-4-15)11-30(18)21(23-26-6-7-34-23)28-20(19)16-5-2-13(25)8-17(16)24/h2,5-8,10,14-15,20,29H,3-4,9,11H2,1H3/t14-,20-/m0/s1. The van der Waals surface area contributed by atoms with E-state index in [9.17, 15) is 12.8 Å². The number of aryl methyl sites for hydroxylation is 1. The molecule has 1 saturated heterocycles. The maximum Gasteiger partial charge on any atom is 0.226 e. The number of nitrogens with one attached hydrogen (secondary N) is 1. The molecule has 2 aliphatic heterocycles. The Hall–Kier alpha value is -2.60. The molecule has 2 aromatic heterocycles. The molecule has 1 saturated carbocycles. The van der Waals surface area contributed by atoms with E-state index in [2.05, 4.69) is 14.7 Å². The summed E-state index contributed by atoms with van der Waals surface area (Å²) in [4.78, 5) is 15.9. The van der Waals surface area contributed by atoms with Crippen molar-refractivity contribution in [1.82, 2.24) is 19.6 Å². The molecule has 6 rings (SSSR count). The molecule has 4 heterocycles. The van der Waals surface area contributed by atoms with Crippen LogP contribution in [0.25, 0.3) is 5.57 Å². The fourth-order valence-corrected chi connectivity index (χ4v) is 7.06. The van der Waals surface area contributed by atoms with Crippen LogP contribution in [0.5, 0.6) is 0 Å². The van der Waals surface area contributed by atoms with Gasteiger partial charge in [-0.1, -0.05) is 17.7 Å². The molecule has 0 amide bonds. The van der Waals surface area contributed by atoms with Gasteiger partial charge < -0.3 is 9.32 Å². The third-order valence-electron chi connectivity index (χ3n) is 6.29. The molecular formula is C23H21ClFN5O3S2.